The van der Waals surface area contributed by atoms with Crippen LogP contribution in [0.3, 0.4) is 0 Å². The zero-order valence-electron chi connectivity index (χ0n) is 10.2. The van der Waals surface area contributed by atoms with E-state index >= 15 is 0 Å². The fourth-order valence-electron chi connectivity index (χ4n) is 1.65. The minimum absolute atomic E-state index is 0.250. The Bertz CT molecular complexity index is 277. The van der Waals surface area contributed by atoms with E-state index in [0.29, 0.717) is 6.42 Å². The van der Waals surface area contributed by atoms with Crippen LogP contribution in [0.2, 0.25) is 0 Å². The van der Waals surface area contributed by atoms with Gasteiger partial charge < -0.3 is 9.47 Å². The van der Waals surface area contributed by atoms with Crippen LogP contribution in [0.4, 0.5) is 0 Å². The summed E-state index contributed by atoms with van der Waals surface area (Å²) in [5.41, 5.74) is 0. The molecule has 0 bridgehead atoms. The van der Waals surface area contributed by atoms with E-state index in [-0.39, 0.29) is 12.0 Å². The summed E-state index contributed by atoms with van der Waals surface area (Å²) >= 11 is 0. The van der Waals surface area contributed by atoms with E-state index in [2.05, 4.69) is 6.58 Å². The predicted molar refractivity (Wildman–Crippen MR) is 58.4 cm³/mol. The molecular weight excluding hydrogens is 210 g/mol. The highest BCUT2D eigenvalue weighted by molar-refractivity contribution is 5.80. The number of carbonyl (C=O) groups is 1. The number of hydrogen-bond donors (Lipinski definition) is 0. The lowest BCUT2D eigenvalue weighted by atomic mass is 10.1. The van der Waals surface area contributed by atoms with E-state index in [0.717, 1.165) is 5.06 Å². The first-order chi connectivity index (χ1) is 7.41. The number of likely N-dealkylation sites (N-methyl/N-ethyl adjacent to an activating group) is 1. The highest BCUT2D eigenvalue weighted by Crippen LogP contribution is 2.30. The van der Waals surface area contributed by atoms with Gasteiger partial charge in [-0.25, -0.2) is 5.06 Å². The molecule has 16 heavy (non-hydrogen) atoms. The van der Waals surface area contributed by atoms with Crippen LogP contribution in [0.25, 0.3) is 0 Å². The summed E-state index contributed by atoms with van der Waals surface area (Å²) in [5.74, 6) is -0.998. The molecule has 5 nitrogen and oxygen atoms in total. The first kappa shape index (κ1) is 13.2. The lowest BCUT2D eigenvalue weighted by molar-refractivity contribution is -0.187. The molecule has 0 aromatic carbocycles. The predicted octanol–water partition coefficient (Wildman–Crippen LogP) is 1.10. The average molecular weight is 229 g/mol. The molecule has 1 aliphatic heterocycles. The maximum absolute atomic E-state index is 11.9. The van der Waals surface area contributed by atoms with Crippen molar-refractivity contribution in [1.82, 2.24) is 5.06 Å². The third-order valence-corrected chi connectivity index (χ3v) is 2.41. The lowest BCUT2D eigenvalue weighted by Crippen LogP contribution is -2.41. The van der Waals surface area contributed by atoms with Gasteiger partial charge in [-0.3, -0.25) is 9.63 Å². The number of nitrogens with zero attached hydrogens (tertiary/aromatic N) is 1. The Kier molecular flexibility index (Phi) is 4.07. The Labute approximate surface area is 95.9 Å². The maximum Gasteiger partial charge on any atom is 0.277 e. The molecule has 1 heterocycles. The second kappa shape index (κ2) is 4.95. The molecule has 0 radical (unpaired) electrons. The number of amides is 1. The van der Waals surface area contributed by atoms with Crippen molar-refractivity contribution in [3.05, 3.63) is 12.7 Å². The van der Waals surface area contributed by atoms with E-state index in [9.17, 15) is 4.79 Å². The molecule has 1 aliphatic rings. The van der Waals surface area contributed by atoms with E-state index in [4.69, 9.17) is 14.3 Å². The van der Waals surface area contributed by atoms with Gasteiger partial charge >= 0.3 is 0 Å². The fraction of sp³-hybridized carbons (Fsp3) is 0.727. The fourth-order valence-corrected chi connectivity index (χ4v) is 1.65. The first-order valence-electron chi connectivity index (χ1n) is 5.19. The summed E-state index contributed by atoms with van der Waals surface area (Å²) in [6.07, 6.45) is 1.33. The Morgan fingerprint density at radius 3 is 2.69 bits per heavy atom. The molecule has 0 aliphatic carbocycles. The van der Waals surface area contributed by atoms with Crippen molar-refractivity contribution in [2.75, 3.05) is 14.2 Å². The number of hydroxylamine groups is 2. The topological polar surface area (TPSA) is 48.0 Å². The van der Waals surface area contributed by atoms with E-state index in [1.54, 1.807) is 27.0 Å². The van der Waals surface area contributed by atoms with Gasteiger partial charge in [0, 0.05) is 7.05 Å². The van der Waals surface area contributed by atoms with Crippen molar-refractivity contribution in [3.8, 4) is 0 Å². The van der Waals surface area contributed by atoms with Gasteiger partial charge in [-0.15, -0.1) is 6.58 Å². The van der Waals surface area contributed by atoms with Crippen LogP contribution >= 0.6 is 0 Å². The van der Waals surface area contributed by atoms with Gasteiger partial charge in [0.2, 0.25) is 0 Å². The lowest BCUT2D eigenvalue weighted by Gasteiger charge is -2.20. The summed E-state index contributed by atoms with van der Waals surface area (Å²) in [7, 11) is 2.98. The Hall–Kier alpha value is -0.910. The minimum atomic E-state index is -0.747. The van der Waals surface area contributed by atoms with Crippen LogP contribution in [0.15, 0.2) is 12.7 Å². The van der Waals surface area contributed by atoms with Crippen LogP contribution in [0.1, 0.15) is 20.3 Å². The quantitative estimate of drug-likeness (QED) is 0.535. The first-order valence-corrected chi connectivity index (χ1v) is 5.19. The van der Waals surface area contributed by atoms with Crippen molar-refractivity contribution >= 4 is 5.91 Å². The largest absolute Gasteiger partial charge is 0.344 e. The third kappa shape index (κ3) is 2.81. The van der Waals surface area contributed by atoms with Gasteiger partial charge in [0.05, 0.1) is 13.2 Å². The maximum atomic E-state index is 11.9. The zero-order chi connectivity index (χ0) is 12.3. The molecule has 0 saturated carbocycles. The minimum Gasteiger partial charge on any atom is -0.344 e. The Morgan fingerprint density at radius 1 is 1.56 bits per heavy atom. The number of hydrogen-bond acceptors (Lipinski definition) is 4. The van der Waals surface area contributed by atoms with Crippen LogP contribution in [0.5, 0.6) is 0 Å². The normalized spacial score (nSPS) is 27.8. The van der Waals surface area contributed by atoms with Crippen molar-refractivity contribution < 1.29 is 19.1 Å². The van der Waals surface area contributed by atoms with Gasteiger partial charge in [-0.1, -0.05) is 6.08 Å². The number of rotatable bonds is 4. The summed E-state index contributed by atoms with van der Waals surface area (Å²) < 4.78 is 11.2. The Morgan fingerprint density at radius 2 is 2.19 bits per heavy atom. The van der Waals surface area contributed by atoms with Crippen LogP contribution in [0, 0.1) is 0 Å². The molecule has 1 amide bonds. The van der Waals surface area contributed by atoms with Gasteiger partial charge in [0.25, 0.3) is 5.91 Å². The molecule has 1 rings (SSSR count). The van der Waals surface area contributed by atoms with Gasteiger partial charge in [0.15, 0.2) is 11.9 Å². The summed E-state index contributed by atoms with van der Waals surface area (Å²) in [4.78, 5) is 16.8. The van der Waals surface area contributed by atoms with E-state index in [1.165, 1.54) is 7.11 Å². The number of ether oxygens (including phenoxy) is 2. The van der Waals surface area contributed by atoms with Crippen LogP contribution < -0.4 is 0 Å². The molecule has 1 fully saturated rings. The molecule has 0 N–H and O–H groups in total. The van der Waals surface area contributed by atoms with Gasteiger partial charge in [-0.2, -0.15) is 0 Å². The van der Waals surface area contributed by atoms with Crippen LogP contribution in [-0.2, 0) is 19.1 Å². The van der Waals surface area contributed by atoms with Crippen molar-refractivity contribution in [2.24, 2.45) is 0 Å². The van der Waals surface area contributed by atoms with Crippen LogP contribution in [-0.4, -0.2) is 43.1 Å². The molecule has 0 spiro atoms. The SMILES string of the molecule is C=CC[C@H]1OC(C)(C)O[C@@H]1C(=O)N(C)OC. The van der Waals surface area contributed by atoms with Crippen molar-refractivity contribution in [3.63, 3.8) is 0 Å². The standard InChI is InChI=1S/C11H19NO4/c1-6-7-8-9(10(13)12(4)14-5)16-11(2,3)15-8/h6,8-9H,1,7H2,2-5H3/t8-,9+/m1/s1. The average Bonchev–Trinajstić information content (AvgIpc) is 2.52. The molecule has 92 valence electrons. The molecule has 0 unspecified atom stereocenters. The van der Waals surface area contributed by atoms with Crippen molar-refractivity contribution in [2.45, 2.75) is 38.3 Å². The second-order valence-corrected chi connectivity index (χ2v) is 4.14. The van der Waals surface area contributed by atoms with Gasteiger partial charge in [-0.05, 0) is 20.3 Å². The molecule has 5 heteroatoms. The monoisotopic (exact) mass is 229 g/mol. The second-order valence-electron chi connectivity index (χ2n) is 4.14. The summed E-state index contributed by atoms with van der Waals surface area (Å²) in [6.45, 7) is 7.20. The van der Waals surface area contributed by atoms with Gasteiger partial charge in [0.1, 0.15) is 0 Å². The van der Waals surface area contributed by atoms with Crippen molar-refractivity contribution in [1.29, 1.82) is 0 Å². The summed E-state index contributed by atoms with van der Waals surface area (Å²) in [5, 5.41) is 1.14. The molecule has 0 aromatic heterocycles. The third-order valence-electron chi connectivity index (χ3n) is 2.41. The zero-order valence-corrected chi connectivity index (χ0v) is 10.2. The molecular formula is C11H19NO4. The summed E-state index contributed by atoms with van der Waals surface area (Å²) in [6, 6.07) is 0. The van der Waals surface area contributed by atoms with E-state index in [1.807, 2.05) is 0 Å². The highest BCUT2D eigenvalue weighted by atomic mass is 16.8. The molecule has 2 atom stereocenters. The molecule has 1 saturated heterocycles. The highest BCUT2D eigenvalue weighted by Gasteiger charge is 2.45. The smallest absolute Gasteiger partial charge is 0.277 e. The molecule has 0 aromatic rings. The Balaban J connectivity index is 2.76. The number of carbonyl (C=O) groups excluding carboxylic acids is 1. The van der Waals surface area contributed by atoms with E-state index < -0.39 is 11.9 Å².